The molecule has 6 heteroatoms. The maximum atomic E-state index is 4.69. The van der Waals surface area contributed by atoms with Gasteiger partial charge in [-0.2, -0.15) is 0 Å². The predicted molar refractivity (Wildman–Crippen MR) is 97.7 cm³/mol. The van der Waals surface area contributed by atoms with Crippen LogP contribution < -0.4 is 5.32 Å². The van der Waals surface area contributed by atoms with Crippen LogP contribution in [0.1, 0.15) is 31.5 Å². The molecule has 1 aromatic heterocycles. The summed E-state index contributed by atoms with van der Waals surface area (Å²) in [5.41, 5.74) is 2.22. The first-order valence-electron chi connectivity index (χ1n) is 6.10. The van der Waals surface area contributed by atoms with E-state index in [1.165, 1.54) is 5.01 Å². The van der Waals surface area contributed by atoms with Crippen LogP contribution in [0.2, 0.25) is 0 Å². The van der Waals surface area contributed by atoms with E-state index in [0.717, 1.165) is 24.8 Å². The van der Waals surface area contributed by atoms with Crippen molar-refractivity contribution in [2.24, 2.45) is 0 Å². The number of aromatic nitrogens is 1. The molecule has 2 rings (SSSR count). The van der Waals surface area contributed by atoms with Crippen LogP contribution in [0.15, 0.2) is 30.9 Å². The lowest BCUT2D eigenvalue weighted by Gasteiger charge is -2.14. The SMILES string of the molecule is CC(C)(C)c1nc(CNc2c(Br)cc(Br)cc2Br)cs1. The highest BCUT2D eigenvalue weighted by Crippen LogP contribution is 2.35. The second-order valence-corrected chi connectivity index (χ2v) is 8.97. The average molecular weight is 483 g/mol. The van der Waals surface area contributed by atoms with E-state index in [1.807, 2.05) is 12.1 Å². The molecule has 0 bridgehead atoms. The third-order valence-corrected chi connectivity index (χ3v) is 5.67. The Labute approximate surface area is 148 Å². The zero-order chi connectivity index (χ0) is 14.9. The monoisotopic (exact) mass is 480 g/mol. The number of anilines is 1. The molecule has 0 fully saturated rings. The van der Waals surface area contributed by atoms with Gasteiger partial charge in [-0.05, 0) is 44.0 Å². The summed E-state index contributed by atoms with van der Waals surface area (Å²) >= 11 is 12.3. The van der Waals surface area contributed by atoms with Gasteiger partial charge in [0.25, 0.3) is 0 Å². The third kappa shape index (κ3) is 4.06. The maximum absolute atomic E-state index is 4.69. The van der Waals surface area contributed by atoms with E-state index in [4.69, 9.17) is 0 Å². The minimum Gasteiger partial charge on any atom is -0.378 e. The highest BCUT2D eigenvalue weighted by molar-refractivity contribution is 9.11. The van der Waals surface area contributed by atoms with Crippen molar-refractivity contribution in [3.63, 3.8) is 0 Å². The van der Waals surface area contributed by atoms with E-state index in [1.54, 1.807) is 11.3 Å². The summed E-state index contributed by atoms with van der Waals surface area (Å²) in [7, 11) is 0. The van der Waals surface area contributed by atoms with Gasteiger partial charge in [0.15, 0.2) is 0 Å². The van der Waals surface area contributed by atoms with Crippen LogP contribution in [-0.4, -0.2) is 4.98 Å². The average Bonchev–Trinajstić information content (AvgIpc) is 2.75. The van der Waals surface area contributed by atoms with Gasteiger partial charge in [0.1, 0.15) is 0 Å². The lowest BCUT2D eigenvalue weighted by molar-refractivity contribution is 0.583. The van der Waals surface area contributed by atoms with E-state index in [2.05, 4.69) is 84.2 Å². The van der Waals surface area contributed by atoms with Crippen molar-refractivity contribution in [1.82, 2.24) is 4.98 Å². The Hall–Kier alpha value is 0.0900. The number of rotatable bonds is 3. The van der Waals surface area contributed by atoms with Crippen LogP contribution in [0, 0.1) is 0 Å². The molecule has 1 aromatic carbocycles. The van der Waals surface area contributed by atoms with E-state index < -0.39 is 0 Å². The fraction of sp³-hybridized carbons (Fsp3) is 0.357. The fourth-order valence-electron chi connectivity index (χ4n) is 1.62. The lowest BCUT2D eigenvalue weighted by Crippen LogP contribution is -2.11. The van der Waals surface area contributed by atoms with Gasteiger partial charge in [0.2, 0.25) is 0 Å². The van der Waals surface area contributed by atoms with Crippen LogP contribution in [-0.2, 0) is 12.0 Å². The quantitative estimate of drug-likeness (QED) is 0.552. The summed E-state index contributed by atoms with van der Waals surface area (Å²) in [4.78, 5) is 4.69. The van der Waals surface area contributed by atoms with Crippen molar-refractivity contribution in [2.75, 3.05) is 5.32 Å². The van der Waals surface area contributed by atoms with Gasteiger partial charge in [-0.3, -0.25) is 0 Å². The number of thiazole rings is 1. The first-order chi connectivity index (χ1) is 9.27. The molecule has 2 nitrogen and oxygen atoms in total. The predicted octanol–water partition coefficient (Wildman–Crippen LogP) is 6.34. The van der Waals surface area contributed by atoms with Crippen molar-refractivity contribution in [3.05, 3.63) is 41.6 Å². The largest absolute Gasteiger partial charge is 0.378 e. The summed E-state index contributed by atoms with van der Waals surface area (Å²) in [6.45, 7) is 7.27. The van der Waals surface area contributed by atoms with Crippen LogP contribution in [0.5, 0.6) is 0 Å². The Morgan fingerprint density at radius 3 is 2.25 bits per heavy atom. The molecule has 0 amide bonds. The van der Waals surface area contributed by atoms with Gasteiger partial charge in [-0.1, -0.05) is 36.7 Å². The van der Waals surface area contributed by atoms with E-state index >= 15 is 0 Å². The Morgan fingerprint density at radius 1 is 1.15 bits per heavy atom. The van der Waals surface area contributed by atoms with Crippen LogP contribution in [0.4, 0.5) is 5.69 Å². The molecule has 0 unspecified atom stereocenters. The summed E-state index contributed by atoms with van der Waals surface area (Å²) in [6.07, 6.45) is 0. The molecule has 1 N–H and O–H groups in total. The molecular formula is C14H15Br3N2S. The summed E-state index contributed by atoms with van der Waals surface area (Å²) in [5.74, 6) is 0. The second kappa shape index (κ2) is 6.46. The van der Waals surface area contributed by atoms with Gasteiger partial charge >= 0.3 is 0 Å². The molecule has 0 saturated carbocycles. The minimum atomic E-state index is 0.113. The lowest BCUT2D eigenvalue weighted by atomic mass is 9.98. The second-order valence-electron chi connectivity index (χ2n) is 5.49. The summed E-state index contributed by atoms with van der Waals surface area (Å²) in [6, 6.07) is 4.05. The highest BCUT2D eigenvalue weighted by atomic mass is 79.9. The standard InChI is InChI=1S/C14H15Br3N2S/c1-14(2,3)13-19-9(7-20-13)6-18-12-10(16)4-8(15)5-11(12)17/h4-5,7,18H,6H2,1-3H3. The molecule has 0 radical (unpaired) electrons. The molecule has 108 valence electrons. The van der Waals surface area contributed by atoms with Crippen molar-refractivity contribution < 1.29 is 0 Å². The zero-order valence-electron chi connectivity index (χ0n) is 11.4. The molecule has 0 spiro atoms. The van der Waals surface area contributed by atoms with Crippen molar-refractivity contribution in [3.8, 4) is 0 Å². The molecule has 0 aliphatic heterocycles. The minimum absolute atomic E-state index is 0.113. The number of hydrogen-bond acceptors (Lipinski definition) is 3. The Morgan fingerprint density at radius 2 is 1.75 bits per heavy atom. The first kappa shape index (κ1) is 16.5. The molecule has 0 atom stereocenters. The van der Waals surface area contributed by atoms with Gasteiger partial charge in [-0.25, -0.2) is 4.98 Å². The topological polar surface area (TPSA) is 24.9 Å². The molecule has 1 heterocycles. The highest BCUT2D eigenvalue weighted by Gasteiger charge is 2.18. The third-order valence-electron chi connectivity index (χ3n) is 2.65. The van der Waals surface area contributed by atoms with Crippen molar-refractivity contribution >= 4 is 64.8 Å². The normalized spacial score (nSPS) is 11.7. The summed E-state index contributed by atoms with van der Waals surface area (Å²) in [5, 5.41) is 6.71. The van der Waals surface area contributed by atoms with Crippen molar-refractivity contribution in [1.29, 1.82) is 0 Å². The molecular weight excluding hydrogens is 468 g/mol. The number of nitrogens with one attached hydrogen (secondary N) is 1. The maximum Gasteiger partial charge on any atom is 0.0982 e. The zero-order valence-corrected chi connectivity index (χ0v) is 17.0. The van der Waals surface area contributed by atoms with Gasteiger partial charge in [-0.15, -0.1) is 11.3 Å². The van der Waals surface area contributed by atoms with Gasteiger partial charge in [0, 0.05) is 24.2 Å². The fourth-order valence-corrected chi connectivity index (χ4v) is 5.07. The molecule has 2 aromatic rings. The van der Waals surface area contributed by atoms with Gasteiger partial charge in [0.05, 0.1) is 22.9 Å². The van der Waals surface area contributed by atoms with E-state index in [9.17, 15) is 0 Å². The van der Waals surface area contributed by atoms with Crippen LogP contribution >= 0.6 is 59.1 Å². The molecule has 0 aliphatic rings. The van der Waals surface area contributed by atoms with E-state index in [0.29, 0.717) is 6.54 Å². The van der Waals surface area contributed by atoms with E-state index in [-0.39, 0.29) is 5.41 Å². The molecule has 20 heavy (non-hydrogen) atoms. The van der Waals surface area contributed by atoms with Gasteiger partial charge < -0.3 is 5.32 Å². The Bertz CT molecular complexity index is 594. The Kier molecular flexibility index (Phi) is 5.32. The first-order valence-corrected chi connectivity index (χ1v) is 9.36. The molecule has 0 aliphatic carbocycles. The number of benzene rings is 1. The van der Waals surface area contributed by atoms with Crippen LogP contribution in [0.25, 0.3) is 0 Å². The smallest absolute Gasteiger partial charge is 0.0982 e. The number of hydrogen-bond donors (Lipinski definition) is 1. The van der Waals surface area contributed by atoms with Crippen LogP contribution in [0.3, 0.4) is 0 Å². The number of halogens is 3. The number of nitrogens with zero attached hydrogens (tertiary/aromatic N) is 1. The van der Waals surface area contributed by atoms with Crippen molar-refractivity contribution in [2.45, 2.75) is 32.7 Å². The Balaban J connectivity index is 2.12. The molecule has 0 saturated heterocycles. The summed E-state index contributed by atoms with van der Waals surface area (Å²) < 4.78 is 3.07.